The van der Waals surface area contributed by atoms with Crippen molar-refractivity contribution in [2.24, 2.45) is 0 Å². The fourth-order valence-electron chi connectivity index (χ4n) is 2.21. The van der Waals surface area contributed by atoms with Crippen molar-refractivity contribution in [1.82, 2.24) is 9.55 Å². The Morgan fingerprint density at radius 3 is 2.85 bits per heavy atom. The van der Waals surface area contributed by atoms with Crippen molar-refractivity contribution in [3.63, 3.8) is 0 Å². The zero-order chi connectivity index (χ0) is 14.7. The second-order valence-electron chi connectivity index (χ2n) is 4.72. The third-order valence-corrected chi connectivity index (χ3v) is 4.21. The van der Waals surface area contributed by atoms with Gasteiger partial charge >= 0.3 is 0 Å². The number of ether oxygens (including phenoxy) is 1. The van der Waals surface area contributed by atoms with Crippen LogP contribution in [0, 0.1) is 0 Å². The molecule has 1 aromatic heterocycles. The lowest BCUT2D eigenvalue weighted by Gasteiger charge is -2.10. The minimum Gasteiger partial charge on any atom is -0.497 e. The SMILES string of the molecule is COc1ccc2nc(C(C)Cl)n(CCCS(C)=O)c2c1. The van der Waals surface area contributed by atoms with Crippen molar-refractivity contribution in [3.8, 4) is 5.75 Å². The van der Waals surface area contributed by atoms with Crippen LogP contribution >= 0.6 is 11.6 Å². The van der Waals surface area contributed by atoms with Gasteiger partial charge in [-0.3, -0.25) is 4.21 Å². The molecule has 6 heteroatoms. The van der Waals surface area contributed by atoms with Gasteiger partial charge in [0.1, 0.15) is 11.6 Å². The van der Waals surface area contributed by atoms with Crippen molar-refractivity contribution in [2.45, 2.75) is 25.3 Å². The summed E-state index contributed by atoms with van der Waals surface area (Å²) in [4.78, 5) is 4.58. The van der Waals surface area contributed by atoms with E-state index in [1.165, 1.54) is 0 Å². The Balaban J connectivity index is 2.40. The van der Waals surface area contributed by atoms with Crippen LogP contribution in [-0.4, -0.2) is 32.9 Å². The quantitative estimate of drug-likeness (QED) is 0.770. The number of hydrogen-bond acceptors (Lipinski definition) is 3. The Hall–Kier alpha value is -1.07. The van der Waals surface area contributed by atoms with E-state index >= 15 is 0 Å². The molecule has 2 atom stereocenters. The number of methoxy groups -OCH3 is 1. The van der Waals surface area contributed by atoms with Gasteiger partial charge in [0.25, 0.3) is 0 Å². The minimum atomic E-state index is -0.776. The number of alkyl halides is 1. The highest BCUT2D eigenvalue weighted by atomic mass is 35.5. The lowest BCUT2D eigenvalue weighted by molar-refractivity contribution is 0.415. The summed E-state index contributed by atoms with van der Waals surface area (Å²) in [5.74, 6) is 2.32. The van der Waals surface area contributed by atoms with Crippen LogP contribution in [-0.2, 0) is 17.3 Å². The molecule has 1 aromatic carbocycles. The van der Waals surface area contributed by atoms with Gasteiger partial charge < -0.3 is 9.30 Å². The molecule has 0 spiro atoms. The van der Waals surface area contributed by atoms with Crippen molar-refractivity contribution in [1.29, 1.82) is 0 Å². The molecule has 4 nitrogen and oxygen atoms in total. The summed E-state index contributed by atoms with van der Waals surface area (Å²) >= 11 is 6.22. The lowest BCUT2D eigenvalue weighted by Crippen LogP contribution is -2.07. The van der Waals surface area contributed by atoms with Gasteiger partial charge in [0.05, 0.1) is 23.5 Å². The van der Waals surface area contributed by atoms with Crippen LogP contribution in [0.2, 0.25) is 0 Å². The van der Waals surface area contributed by atoms with Gasteiger partial charge in [-0.25, -0.2) is 4.98 Å². The van der Waals surface area contributed by atoms with Crippen LogP contribution in [0.25, 0.3) is 11.0 Å². The third-order valence-electron chi connectivity index (χ3n) is 3.15. The number of halogens is 1. The largest absolute Gasteiger partial charge is 0.497 e. The molecule has 0 N–H and O–H groups in total. The van der Waals surface area contributed by atoms with E-state index in [-0.39, 0.29) is 5.38 Å². The highest BCUT2D eigenvalue weighted by Crippen LogP contribution is 2.27. The predicted molar refractivity (Wildman–Crippen MR) is 84.1 cm³/mol. The second kappa shape index (κ2) is 6.59. The molecule has 0 saturated heterocycles. The molecule has 2 unspecified atom stereocenters. The Morgan fingerprint density at radius 2 is 2.25 bits per heavy atom. The number of aryl methyl sites for hydroxylation is 1. The maximum atomic E-state index is 11.2. The summed E-state index contributed by atoms with van der Waals surface area (Å²) in [5, 5.41) is -0.166. The van der Waals surface area contributed by atoms with Gasteiger partial charge in [0, 0.05) is 35.4 Å². The molecule has 0 bridgehead atoms. The molecular formula is C14H19ClN2O2S. The molecule has 110 valence electrons. The predicted octanol–water partition coefficient (Wildman–Crippen LogP) is 3.11. The Kier molecular flexibility index (Phi) is 5.05. The molecule has 1 heterocycles. The average Bonchev–Trinajstić information content (AvgIpc) is 2.76. The van der Waals surface area contributed by atoms with Crippen molar-refractivity contribution in [3.05, 3.63) is 24.0 Å². The summed E-state index contributed by atoms with van der Waals surface area (Å²) in [7, 11) is 0.871. The van der Waals surface area contributed by atoms with Crippen molar-refractivity contribution in [2.75, 3.05) is 19.1 Å². The van der Waals surface area contributed by atoms with Crippen molar-refractivity contribution >= 4 is 33.4 Å². The number of imidazole rings is 1. The van der Waals surface area contributed by atoms with Gasteiger partial charge in [-0.1, -0.05) is 0 Å². The zero-order valence-electron chi connectivity index (χ0n) is 11.9. The molecule has 0 saturated carbocycles. The summed E-state index contributed by atoms with van der Waals surface area (Å²) < 4.78 is 18.6. The Morgan fingerprint density at radius 1 is 1.50 bits per heavy atom. The number of rotatable bonds is 6. The van der Waals surface area contributed by atoms with E-state index in [2.05, 4.69) is 9.55 Å². The minimum absolute atomic E-state index is 0.166. The summed E-state index contributed by atoms with van der Waals surface area (Å²) in [6.45, 7) is 2.67. The standard InChI is InChI=1S/C14H19ClN2O2S/c1-10(15)14-16-12-6-5-11(19-2)9-13(12)17(14)7-4-8-20(3)18/h5-6,9-10H,4,7-8H2,1-3H3. The first-order chi connectivity index (χ1) is 9.52. The molecular weight excluding hydrogens is 296 g/mol. The molecule has 0 aliphatic rings. The first-order valence-corrected chi connectivity index (χ1v) is 8.67. The van der Waals surface area contributed by atoms with Crippen LogP contribution in [0.15, 0.2) is 18.2 Å². The lowest BCUT2D eigenvalue weighted by atomic mass is 10.3. The number of benzene rings is 1. The third kappa shape index (κ3) is 3.33. The maximum absolute atomic E-state index is 11.2. The first-order valence-electron chi connectivity index (χ1n) is 6.51. The van der Waals surface area contributed by atoms with E-state index in [1.807, 2.05) is 25.1 Å². The van der Waals surface area contributed by atoms with Gasteiger partial charge in [0.15, 0.2) is 0 Å². The topological polar surface area (TPSA) is 44.1 Å². The number of aromatic nitrogens is 2. The number of fused-ring (bicyclic) bond motifs is 1. The maximum Gasteiger partial charge on any atom is 0.127 e. The fraction of sp³-hybridized carbons (Fsp3) is 0.500. The van der Waals surface area contributed by atoms with Gasteiger partial charge in [0.2, 0.25) is 0 Å². The molecule has 0 aliphatic heterocycles. The molecule has 0 fully saturated rings. The van der Waals surface area contributed by atoms with E-state index in [9.17, 15) is 4.21 Å². The monoisotopic (exact) mass is 314 g/mol. The van der Waals surface area contributed by atoms with Crippen LogP contribution < -0.4 is 4.74 Å². The molecule has 0 radical (unpaired) electrons. The molecule has 0 aliphatic carbocycles. The van der Waals surface area contributed by atoms with E-state index in [1.54, 1.807) is 13.4 Å². The highest BCUT2D eigenvalue weighted by Gasteiger charge is 2.15. The van der Waals surface area contributed by atoms with E-state index < -0.39 is 10.8 Å². The van der Waals surface area contributed by atoms with Crippen LogP contribution in [0.4, 0.5) is 0 Å². The Labute approximate surface area is 126 Å². The molecule has 0 amide bonds. The summed E-state index contributed by atoms with van der Waals surface area (Å²) in [6, 6.07) is 5.79. The van der Waals surface area contributed by atoms with Crippen LogP contribution in [0.5, 0.6) is 5.75 Å². The summed E-state index contributed by atoms with van der Waals surface area (Å²) in [5.41, 5.74) is 1.92. The van der Waals surface area contributed by atoms with Gasteiger partial charge in [-0.2, -0.15) is 0 Å². The second-order valence-corrected chi connectivity index (χ2v) is 6.93. The number of nitrogens with zero attached hydrogens (tertiary/aromatic N) is 2. The van der Waals surface area contributed by atoms with E-state index in [0.717, 1.165) is 35.6 Å². The summed E-state index contributed by atoms with van der Waals surface area (Å²) in [6.07, 6.45) is 2.56. The number of hydrogen-bond donors (Lipinski definition) is 0. The molecule has 2 rings (SSSR count). The van der Waals surface area contributed by atoms with E-state index in [0.29, 0.717) is 5.75 Å². The van der Waals surface area contributed by atoms with Crippen molar-refractivity contribution < 1.29 is 8.95 Å². The Bertz CT molecular complexity index is 625. The smallest absolute Gasteiger partial charge is 0.127 e. The van der Waals surface area contributed by atoms with Gasteiger partial charge in [-0.15, -0.1) is 11.6 Å². The molecule has 20 heavy (non-hydrogen) atoms. The first kappa shape index (κ1) is 15.3. The van der Waals surface area contributed by atoms with Crippen LogP contribution in [0.1, 0.15) is 24.5 Å². The highest BCUT2D eigenvalue weighted by molar-refractivity contribution is 7.84. The normalized spacial score (nSPS) is 14.4. The van der Waals surface area contributed by atoms with Gasteiger partial charge in [-0.05, 0) is 25.5 Å². The fourth-order valence-corrected chi connectivity index (χ4v) is 2.91. The molecule has 2 aromatic rings. The van der Waals surface area contributed by atoms with Crippen LogP contribution in [0.3, 0.4) is 0 Å². The zero-order valence-corrected chi connectivity index (χ0v) is 13.5. The average molecular weight is 315 g/mol. The van der Waals surface area contributed by atoms with E-state index in [4.69, 9.17) is 16.3 Å².